The summed E-state index contributed by atoms with van der Waals surface area (Å²) in [5.74, 6) is -1.50. The van der Waals surface area contributed by atoms with Gasteiger partial charge in [-0.1, -0.05) is 27.7 Å². The fourth-order valence-corrected chi connectivity index (χ4v) is 3.18. The Bertz CT molecular complexity index is 589. The van der Waals surface area contributed by atoms with Crippen LogP contribution in [0.3, 0.4) is 0 Å². The van der Waals surface area contributed by atoms with Crippen LogP contribution in [0.1, 0.15) is 60.3 Å². The molecule has 2 heterocycles. The van der Waals surface area contributed by atoms with Gasteiger partial charge in [0.2, 0.25) is 0 Å². The van der Waals surface area contributed by atoms with Crippen LogP contribution >= 0.6 is 0 Å². The van der Waals surface area contributed by atoms with Gasteiger partial charge >= 0.3 is 17.9 Å². The average Bonchev–Trinajstić information content (AvgIpc) is 3.04. The van der Waals surface area contributed by atoms with Gasteiger partial charge in [0.1, 0.15) is 25.4 Å². The van der Waals surface area contributed by atoms with Crippen LogP contribution in [0.5, 0.6) is 0 Å². The molecule has 172 valence electrons. The number of hydrogen-bond acceptors (Lipinski definition) is 9. The summed E-state index contributed by atoms with van der Waals surface area (Å²) in [6.07, 6.45) is 0.0630. The maximum atomic E-state index is 11.7. The Kier molecular flexibility index (Phi) is 9.51. The molecule has 2 aliphatic heterocycles. The van der Waals surface area contributed by atoms with Crippen molar-refractivity contribution in [3.05, 3.63) is 0 Å². The van der Waals surface area contributed by atoms with Gasteiger partial charge < -0.3 is 28.4 Å². The van der Waals surface area contributed by atoms with E-state index in [-0.39, 0.29) is 43.1 Å². The van der Waals surface area contributed by atoms with Gasteiger partial charge in [0.25, 0.3) is 0 Å². The number of rotatable bonds is 9. The second-order valence-corrected chi connectivity index (χ2v) is 8.31. The van der Waals surface area contributed by atoms with Crippen molar-refractivity contribution in [3.63, 3.8) is 0 Å². The van der Waals surface area contributed by atoms with Crippen molar-refractivity contribution in [1.29, 1.82) is 0 Å². The Hall–Kier alpha value is -1.71. The van der Waals surface area contributed by atoms with Crippen LogP contribution in [0.25, 0.3) is 0 Å². The van der Waals surface area contributed by atoms with Gasteiger partial charge in [0, 0.05) is 13.3 Å². The molecule has 9 nitrogen and oxygen atoms in total. The highest BCUT2D eigenvalue weighted by Gasteiger charge is 2.41. The zero-order chi connectivity index (χ0) is 22.3. The zero-order valence-corrected chi connectivity index (χ0v) is 18.5. The largest absolute Gasteiger partial charge is 0.463 e. The minimum atomic E-state index is -0.654. The molecule has 0 aromatic heterocycles. The molecule has 0 spiro atoms. The van der Waals surface area contributed by atoms with E-state index in [1.54, 1.807) is 27.7 Å². The smallest absolute Gasteiger partial charge is 0.308 e. The summed E-state index contributed by atoms with van der Waals surface area (Å²) in [6.45, 7) is 8.52. The zero-order valence-electron chi connectivity index (χ0n) is 18.5. The Balaban J connectivity index is 1.85. The van der Waals surface area contributed by atoms with E-state index >= 15 is 0 Å². The molecule has 0 aromatic carbocycles. The Morgan fingerprint density at radius 1 is 0.900 bits per heavy atom. The summed E-state index contributed by atoms with van der Waals surface area (Å²) >= 11 is 0. The van der Waals surface area contributed by atoms with Crippen LogP contribution in [-0.2, 0) is 42.8 Å². The molecule has 2 rings (SSSR count). The third kappa shape index (κ3) is 7.85. The minimum Gasteiger partial charge on any atom is -0.463 e. The fourth-order valence-electron chi connectivity index (χ4n) is 3.18. The summed E-state index contributed by atoms with van der Waals surface area (Å²) in [5.41, 5.74) is 0. The van der Waals surface area contributed by atoms with Crippen LogP contribution in [-0.4, -0.2) is 62.0 Å². The van der Waals surface area contributed by atoms with Crippen molar-refractivity contribution in [3.8, 4) is 0 Å². The van der Waals surface area contributed by atoms with E-state index in [2.05, 4.69) is 0 Å². The normalized spacial score (nSPS) is 29.1. The molecule has 0 aromatic rings. The lowest BCUT2D eigenvalue weighted by atomic mass is 10.1. The monoisotopic (exact) mass is 430 g/mol. The molecule has 0 radical (unpaired) electrons. The molecular weight excluding hydrogens is 396 g/mol. The molecule has 2 saturated heterocycles. The molecule has 9 heteroatoms. The van der Waals surface area contributed by atoms with E-state index in [4.69, 9.17) is 28.4 Å². The van der Waals surface area contributed by atoms with Gasteiger partial charge in [-0.15, -0.1) is 0 Å². The van der Waals surface area contributed by atoms with Crippen LogP contribution in [0.2, 0.25) is 0 Å². The Morgan fingerprint density at radius 3 is 2.13 bits per heavy atom. The van der Waals surface area contributed by atoms with Crippen LogP contribution in [0, 0.1) is 11.8 Å². The summed E-state index contributed by atoms with van der Waals surface area (Å²) in [6, 6.07) is 0. The van der Waals surface area contributed by atoms with Gasteiger partial charge in [0.15, 0.2) is 12.6 Å². The van der Waals surface area contributed by atoms with E-state index in [1.165, 1.54) is 6.92 Å². The number of carbonyl (C=O) groups is 3. The fraction of sp³-hybridized carbons (Fsp3) is 0.857. The van der Waals surface area contributed by atoms with Gasteiger partial charge in [-0.05, 0) is 19.3 Å². The second-order valence-electron chi connectivity index (χ2n) is 8.31. The van der Waals surface area contributed by atoms with E-state index in [0.717, 1.165) is 12.8 Å². The molecule has 2 fully saturated rings. The van der Waals surface area contributed by atoms with E-state index in [0.29, 0.717) is 12.8 Å². The summed E-state index contributed by atoms with van der Waals surface area (Å²) in [4.78, 5) is 34.8. The molecule has 5 atom stereocenters. The average molecular weight is 430 g/mol. The highest BCUT2D eigenvalue weighted by atomic mass is 16.8. The summed E-state index contributed by atoms with van der Waals surface area (Å²) in [7, 11) is 0. The molecule has 2 aliphatic rings. The first-order valence-electron chi connectivity index (χ1n) is 10.6. The molecule has 0 amide bonds. The Labute approximate surface area is 177 Å². The van der Waals surface area contributed by atoms with Crippen LogP contribution < -0.4 is 0 Å². The number of carbonyl (C=O) groups excluding carboxylic acids is 3. The predicted octanol–water partition coefficient (Wildman–Crippen LogP) is 2.34. The first kappa shape index (κ1) is 24.6. The molecular formula is C21H34O9. The van der Waals surface area contributed by atoms with E-state index in [1.807, 2.05) is 0 Å². The Morgan fingerprint density at radius 2 is 1.53 bits per heavy atom. The highest BCUT2D eigenvalue weighted by Crippen LogP contribution is 2.29. The first-order chi connectivity index (χ1) is 14.2. The minimum absolute atomic E-state index is 0.0197. The van der Waals surface area contributed by atoms with Crippen molar-refractivity contribution in [2.45, 2.75) is 91.2 Å². The lowest BCUT2D eigenvalue weighted by molar-refractivity contribution is -0.271. The van der Waals surface area contributed by atoms with Crippen LogP contribution in [0.4, 0.5) is 0 Å². The molecule has 0 bridgehead atoms. The quantitative estimate of drug-likeness (QED) is 0.402. The number of ether oxygens (including phenoxy) is 6. The molecule has 0 saturated carbocycles. The lowest BCUT2D eigenvalue weighted by Crippen LogP contribution is -2.36. The first-order valence-corrected chi connectivity index (χ1v) is 10.6. The predicted molar refractivity (Wildman–Crippen MR) is 104 cm³/mol. The summed E-state index contributed by atoms with van der Waals surface area (Å²) < 4.78 is 33.4. The molecule has 30 heavy (non-hydrogen) atoms. The van der Waals surface area contributed by atoms with Gasteiger partial charge in [0.05, 0.1) is 17.9 Å². The number of esters is 3. The van der Waals surface area contributed by atoms with Crippen molar-refractivity contribution in [2.75, 3.05) is 13.2 Å². The van der Waals surface area contributed by atoms with Crippen molar-refractivity contribution in [1.82, 2.24) is 0 Å². The topological polar surface area (TPSA) is 107 Å². The van der Waals surface area contributed by atoms with E-state index in [9.17, 15) is 14.4 Å². The maximum Gasteiger partial charge on any atom is 0.308 e. The number of hydrogen-bond donors (Lipinski definition) is 0. The van der Waals surface area contributed by atoms with Gasteiger partial charge in [-0.3, -0.25) is 14.4 Å². The third-order valence-corrected chi connectivity index (χ3v) is 4.84. The third-order valence-electron chi connectivity index (χ3n) is 4.84. The van der Waals surface area contributed by atoms with Gasteiger partial charge in [-0.2, -0.15) is 0 Å². The standard InChI is InChI=1S/C21H34O9/c1-12(2)20(23)25-10-15-7-6-8-18(28-15)30-19-9-16(27-14(5)22)17(29-19)11-26-21(24)13(3)4/h12-13,15-19H,6-11H2,1-5H3/t15-,16-,17+,18+,19?/m0/s1. The van der Waals surface area contributed by atoms with Crippen LogP contribution in [0.15, 0.2) is 0 Å². The van der Waals surface area contributed by atoms with Crippen molar-refractivity contribution >= 4 is 17.9 Å². The SMILES string of the molecule is CC(=O)O[C@H]1CC(O[C@@H]2CCC[C@@H](COC(=O)C(C)C)O2)O[C@@H]1COC(=O)C(C)C. The molecule has 0 aliphatic carbocycles. The van der Waals surface area contributed by atoms with Crippen molar-refractivity contribution in [2.24, 2.45) is 11.8 Å². The maximum absolute atomic E-state index is 11.7. The molecule has 0 N–H and O–H groups in total. The van der Waals surface area contributed by atoms with Crippen molar-refractivity contribution < 1.29 is 42.8 Å². The lowest BCUT2D eigenvalue weighted by Gasteiger charge is -2.31. The second kappa shape index (κ2) is 11.6. The molecule has 1 unspecified atom stereocenters. The van der Waals surface area contributed by atoms with E-state index < -0.39 is 30.8 Å². The summed E-state index contributed by atoms with van der Waals surface area (Å²) in [5, 5.41) is 0. The highest BCUT2D eigenvalue weighted by molar-refractivity contribution is 5.71. The van der Waals surface area contributed by atoms with Gasteiger partial charge in [-0.25, -0.2) is 0 Å².